The summed E-state index contributed by atoms with van der Waals surface area (Å²) in [5, 5.41) is 0. The van der Waals surface area contributed by atoms with Crippen LogP contribution < -0.4 is 4.74 Å². The summed E-state index contributed by atoms with van der Waals surface area (Å²) in [6.45, 7) is 1.41. The number of ether oxygens (including phenoxy) is 1. The Labute approximate surface area is 82.4 Å². The lowest BCUT2D eigenvalue weighted by Gasteiger charge is -2.13. The van der Waals surface area contributed by atoms with E-state index in [0.29, 0.717) is 5.75 Å². The number of aliphatic imine (C=N–C) groups is 1. The van der Waals surface area contributed by atoms with Gasteiger partial charge in [0, 0.05) is 18.7 Å². The van der Waals surface area contributed by atoms with Crippen LogP contribution in [-0.2, 0) is 11.2 Å². The lowest BCUT2D eigenvalue weighted by molar-refractivity contribution is -0.131. The van der Waals surface area contributed by atoms with Crippen LogP contribution in [0.15, 0.2) is 23.2 Å². The van der Waals surface area contributed by atoms with Gasteiger partial charge in [-0.2, -0.15) is 0 Å². The van der Waals surface area contributed by atoms with Crippen LogP contribution in [0.2, 0.25) is 0 Å². The number of nitrogens with zero attached hydrogens (tertiary/aromatic N) is 1. The van der Waals surface area contributed by atoms with Gasteiger partial charge < -0.3 is 4.74 Å². The van der Waals surface area contributed by atoms with Gasteiger partial charge in [-0.1, -0.05) is 6.07 Å². The van der Waals surface area contributed by atoms with Crippen molar-refractivity contribution in [3.63, 3.8) is 0 Å². The molecule has 0 fully saturated rings. The summed E-state index contributed by atoms with van der Waals surface area (Å²) >= 11 is 0. The molecule has 1 aromatic carbocycles. The van der Waals surface area contributed by atoms with Crippen LogP contribution in [0.25, 0.3) is 0 Å². The molecule has 0 unspecified atom stereocenters. The highest BCUT2D eigenvalue weighted by molar-refractivity contribution is 5.74. The molecule has 0 saturated heterocycles. The number of benzene rings is 1. The van der Waals surface area contributed by atoms with Crippen LogP contribution in [0, 0.1) is 0 Å². The van der Waals surface area contributed by atoms with Crippen molar-refractivity contribution < 1.29 is 9.53 Å². The summed E-state index contributed by atoms with van der Waals surface area (Å²) in [6.07, 6.45) is 3.69. The molecule has 0 saturated carbocycles. The number of hydrogen-bond donors (Lipinski definition) is 0. The average Bonchev–Trinajstić information content (AvgIpc) is 2.18. The highest BCUT2D eigenvalue weighted by Crippen LogP contribution is 2.31. The van der Waals surface area contributed by atoms with Gasteiger partial charge in [0.15, 0.2) is 0 Å². The molecule has 14 heavy (non-hydrogen) atoms. The summed E-state index contributed by atoms with van der Waals surface area (Å²) < 4.78 is 5.10. The van der Waals surface area contributed by atoms with Crippen LogP contribution >= 0.6 is 0 Å². The molecule has 72 valence electrons. The third kappa shape index (κ3) is 1.66. The molecule has 1 aliphatic rings. The first-order valence-electron chi connectivity index (χ1n) is 4.60. The minimum atomic E-state index is -0.284. The van der Waals surface area contributed by atoms with E-state index in [2.05, 4.69) is 4.99 Å². The molecule has 1 aliphatic heterocycles. The molecule has 3 nitrogen and oxygen atoms in total. The Morgan fingerprint density at radius 1 is 1.50 bits per heavy atom. The van der Waals surface area contributed by atoms with E-state index >= 15 is 0 Å². The van der Waals surface area contributed by atoms with Gasteiger partial charge in [-0.05, 0) is 25.0 Å². The van der Waals surface area contributed by atoms with Crippen molar-refractivity contribution in [2.75, 3.05) is 0 Å². The highest BCUT2D eigenvalue weighted by Gasteiger charge is 2.12. The van der Waals surface area contributed by atoms with Crippen LogP contribution in [0.1, 0.15) is 18.9 Å². The zero-order valence-electron chi connectivity index (χ0n) is 7.99. The predicted octanol–water partition coefficient (Wildman–Crippen LogP) is 2.26. The van der Waals surface area contributed by atoms with Crippen molar-refractivity contribution in [3.05, 3.63) is 23.8 Å². The molecule has 1 heterocycles. The summed E-state index contributed by atoms with van der Waals surface area (Å²) in [5.41, 5.74) is 1.94. The van der Waals surface area contributed by atoms with Crippen molar-refractivity contribution in [1.82, 2.24) is 0 Å². The third-order valence-corrected chi connectivity index (χ3v) is 2.12. The molecule has 1 aromatic rings. The van der Waals surface area contributed by atoms with Gasteiger partial charge in [-0.15, -0.1) is 0 Å². The lowest BCUT2D eigenvalue weighted by atomic mass is 10.0. The van der Waals surface area contributed by atoms with E-state index in [9.17, 15) is 4.79 Å². The minimum absolute atomic E-state index is 0.284. The van der Waals surface area contributed by atoms with Crippen molar-refractivity contribution in [3.8, 4) is 5.75 Å². The number of carbonyl (C=O) groups excluding carboxylic acids is 1. The Balaban J connectivity index is 2.41. The first-order valence-corrected chi connectivity index (χ1v) is 4.60. The number of esters is 1. The number of hydrogen-bond acceptors (Lipinski definition) is 3. The van der Waals surface area contributed by atoms with E-state index < -0.39 is 0 Å². The Morgan fingerprint density at radius 3 is 3.14 bits per heavy atom. The van der Waals surface area contributed by atoms with E-state index in [0.717, 1.165) is 24.1 Å². The minimum Gasteiger partial charge on any atom is -0.426 e. The van der Waals surface area contributed by atoms with Crippen LogP contribution in [0.3, 0.4) is 0 Å². The fourth-order valence-corrected chi connectivity index (χ4v) is 1.55. The Morgan fingerprint density at radius 2 is 2.36 bits per heavy atom. The third-order valence-electron chi connectivity index (χ3n) is 2.12. The smallest absolute Gasteiger partial charge is 0.308 e. The van der Waals surface area contributed by atoms with Gasteiger partial charge in [0.2, 0.25) is 0 Å². The quantitative estimate of drug-likeness (QED) is 0.502. The van der Waals surface area contributed by atoms with Gasteiger partial charge in [0.05, 0.1) is 5.69 Å². The van der Waals surface area contributed by atoms with Gasteiger partial charge in [-0.25, -0.2) is 0 Å². The molecular weight excluding hydrogens is 178 g/mol. The normalized spacial score (nSPS) is 13.5. The molecule has 0 aliphatic carbocycles. The molecule has 0 spiro atoms. The van der Waals surface area contributed by atoms with Gasteiger partial charge in [0.1, 0.15) is 5.75 Å². The van der Waals surface area contributed by atoms with Crippen molar-refractivity contribution in [2.24, 2.45) is 4.99 Å². The monoisotopic (exact) mass is 189 g/mol. The fourth-order valence-electron chi connectivity index (χ4n) is 1.55. The zero-order valence-corrected chi connectivity index (χ0v) is 7.99. The van der Waals surface area contributed by atoms with Gasteiger partial charge >= 0.3 is 5.97 Å². The van der Waals surface area contributed by atoms with Gasteiger partial charge in [-0.3, -0.25) is 9.79 Å². The largest absolute Gasteiger partial charge is 0.426 e. The zero-order chi connectivity index (χ0) is 9.97. The van der Waals surface area contributed by atoms with Crippen molar-refractivity contribution in [1.29, 1.82) is 0 Å². The van der Waals surface area contributed by atoms with E-state index in [4.69, 9.17) is 4.74 Å². The molecule has 0 aromatic heterocycles. The molecule has 0 radical (unpaired) electrons. The van der Waals surface area contributed by atoms with Crippen LogP contribution in [0.4, 0.5) is 5.69 Å². The second-order valence-electron chi connectivity index (χ2n) is 3.20. The van der Waals surface area contributed by atoms with E-state index in [1.54, 1.807) is 6.07 Å². The summed E-state index contributed by atoms with van der Waals surface area (Å²) in [5.74, 6) is 0.361. The fraction of sp³-hybridized carbons (Fsp3) is 0.273. The molecule has 0 amide bonds. The topological polar surface area (TPSA) is 38.7 Å². The number of carbonyl (C=O) groups is 1. The average molecular weight is 189 g/mol. The molecule has 3 heteroatoms. The maximum Gasteiger partial charge on any atom is 0.308 e. The molecule has 0 atom stereocenters. The van der Waals surface area contributed by atoms with Crippen molar-refractivity contribution in [2.45, 2.75) is 19.8 Å². The predicted molar refractivity (Wildman–Crippen MR) is 54.2 cm³/mol. The number of fused-ring (bicyclic) bond motifs is 1. The van der Waals surface area contributed by atoms with Crippen LogP contribution in [0.5, 0.6) is 5.75 Å². The maximum atomic E-state index is 10.8. The molecule has 0 bridgehead atoms. The molecule has 0 N–H and O–H groups in total. The second-order valence-corrected chi connectivity index (χ2v) is 3.20. The summed E-state index contributed by atoms with van der Waals surface area (Å²) in [6, 6.07) is 5.58. The number of rotatable bonds is 1. The highest BCUT2D eigenvalue weighted by atomic mass is 16.5. The first-order chi connectivity index (χ1) is 6.77. The van der Waals surface area contributed by atoms with E-state index in [-0.39, 0.29) is 5.97 Å². The molecular formula is C11H11NO2. The Kier molecular flexibility index (Phi) is 2.31. The second kappa shape index (κ2) is 3.62. The Hall–Kier alpha value is -1.64. The SMILES string of the molecule is CC(=O)Oc1cccc2c1CCC=N2. The van der Waals surface area contributed by atoms with Crippen LogP contribution in [-0.4, -0.2) is 12.2 Å². The van der Waals surface area contributed by atoms with Crippen molar-refractivity contribution >= 4 is 17.9 Å². The maximum absolute atomic E-state index is 10.8. The first kappa shape index (κ1) is 8.94. The van der Waals surface area contributed by atoms with E-state index in [1.807, 2.05) is 18.3 Å². The van der Waals surface area contributed by atoms with Gasteiger partial charge in [0.25, 0.3) is 0 Å². The summed E-state index contributed by atoms with van der Waals surface area (Å²) in [7, 11) is 0. The standard InChI is InChI=1S/C11H11NO2/c1-8(13)14-11-6-2-5-10-9(11)4-3-7-12-10/h2,5-7H,3-4H2,1H3. The van der Waals surface area contributed by atoms with E-state index in [1.165, 1.54) is 6.92 Å². The Bertz CT molecular complexity index is 396. The molecule has 2 rings (SSSR count). The lowest BCUT2D eigenvalue weighted by Crippen LogP contribution is -2.05. The summed E-state index contributed by atoms with van der Waals surface area (Å²) in [4.78, 5) is 15.1.